The number of thiophene rings is 1. The Balaban J connectivity index is 1.40. The third kappa shape index (κ3) is 10.8. The highest BCUT2D eigenvalue weighted by Gasteiger charge is 2.25. The molecule has 0 bridgehead atoms. The second-order valence-corrected chi connectivity index (χ2v) is 20.4. The first-order valence-electron chi connectivity index (χ1n) is 19.5. The van der Waals surface area contributed by atoms with E-state index in [0.717, 1.165) is 47.7 Å². The van der Waals surface area contributed by atoms with Crippen molar-refractivity contribution in [3.8, 4) is 23.3 Å². The minimum absolute atomic E-state index is 0.00751. The van der Waals surface area contributed by atoms with E-state index in [0.29, 0.717) is 22.8 Å². The number of anilines is 5. The van der Waals surface area contributed by atoms with E-state index < -0.39 is 45.0 Å². The van der Waals surface area contributed by atoms with E-state index >= 15 is 0 Å². The maximum atomic E-state index is 12.5. The predicted molar refractivity (Wildman–Crippen MR) is 258 cm³/mol. The molecule has 0 aliphatic rings. The Morgan fingerprint density at radius 3 is 1.91 bits per heavy atom. The SMILES string of the molecule is CCCNc1ccc(-c2c(/N=N/c3cc(S(=O)(=O)O)c4cccc(S(=O)(=O)O)c4c3)sc(N=Nc3c(Nc4ccc(Cl)cc4)nc(Nc4ccc(Cl)c(S(=O)(=O)O)c4)c(C#N)c3C)c2C#N)cc1. The fraction of sp³-hybridized carbons (Fsp3) is 0.0930. The van der Waals surface area contributed by atoms with E-state index in [-0.39, 0.29) is 76.7 Å². The molecule has 6 N–H and O–H groups in total. The van der Waals surface area contributed by atoms with Gasteiger partial charge in [-0.05, 0) is 91.7 Å². The molecule has 0 saturated carbocycles. The van der Waals surface area contributed by atoms with Gasteiger partial charge in [-0.15, -0.1) is 20.5 Å². The third-order valence-corrected chi connectivity index (χ3v) is 14.1. The molecule has 68 heavy (non-hydrogen) atoms. The number of hydrogen-bond acceptors (Lipinski definition) is 17. The first-order valence-corrected chi connectivity index (χ1v) is 25.4. The van der Waals surface area contributed by atoms with Crippen molar-refractivity contribution >= 4 is 126 Å². The average molecular weight is 1030 g/mol. The van der Waals surface area contributed by atoms with Gasteiger partial charge >= 0.3 is 0 Å². The molecular weight excluding hydrogens is 1000 g/mol. The van der Waals surface area contributed by atoms with Crippen LogP contribution in [0.4, 0.5) is 50.1 Å². The fourth-order valence-corrected chi connectivity index (χ4v) is 10.1. The average Bonchev–Trinajstić information content (AvgIpc) is 3.64. The number of fused-ring (bicyclic) bond motifs is 1. The van der Waals surface area contributed by atoms with E-state index in [1.165, 1.54) is 24.3 Å². The van der Waals surface area contributed by atoms with Gasteiger partial charge in [-0.1, -0.05) is 65.7 Å². The van der Waals surface area contributed by atoms with Crippen molar-refractivity contribution in [2.45, 2.75) is 35.0 Å². The summed E-state index contributed by atoms with van der Waals surface area (Å²) in [6.07, 6.45) is 0.852. The van der Waals surface area contributed by atoms with Gasteiger partial charge in [0.2, 0.25) is 0 Å². The minimum atomic E-state index is -4.99. The van der Waals surface area contributed by atoms with Crippen LogP contribution >= 0.6 is 34.5 Å². The highest BCUT2D eigenvalue weighted by Crippen LogP contribution is 2.49. The van der Waals surface area contributed by atoms with Crippen LogP contribution in [0.15, 0.2) is 132 Å². The lowest BCUT2D eigenvalue weighted by Gasteiger charge is -2.16. The summed E-state index contributed by atoms with van der Waals surface area (Å²) in [6, 6.07) is 27.0. The zero-order valence-electron chi connectivity index (χ0n) is 35.0. The monoisotopic (exact) mass is 1030 g/mol. The van der Waals surface area contributed by atoms with Gasteiger partial charge in [0.15, 0.2) is 16.6 Å². The summed E-state index contributed by atoms with van der Waals surface area (Å²) in [5, 5.41) is 47.7. The van der Waals surface area contributed by atoms with Gasteiger partial charge in [-0.2, -0.15) is 35.8 Å². The molecule has 0 amide bonds. The van der Waals surface area contributed by atoms with Gasteiger partial charge in [-0.3, -0.25) is 13.7 Å². The van der Waals surface area contributed by atoms with Crippen molar-refractivity contribution in [1.29, 1.82) is 10.5 Å². The molecule has 0 aliphatic heterocycles. The maximum absolute atomic E-state index is 12.5. The number of nitriles is 2. The van der Waals surface area contributed by atoms with Crippen LogP contribution in [0.25, 0.3) is 21.9 Å². The molecule has 7 aromatic rings. The summed E-state index contributed by atoms with van der Waals surface area (Å²) in [6.45, 7) is 4.24. The summed E-state index contributed by atoms with van der Waals surface area (Å²) in [5.41, 5.74) is 1.95. The molecule has 0 saturated heterocycles. The summed E-state index contributed by atoms with van der Waals surface area (Å²) in [7, 11) is -14.6. The first-order chi connectivity index (χ1) is 32.2. The molecule has 0 aliphatic carbocycles. The van der Waals surface area contributed by atoms with Crippen LogP contribution < -0.4 is 16.0 Å². The molecule has 0 fully saturated rings. The molecule has 25 heteroatoms. The number of pyridine rings is 1. The molecule has 0 spiro atoms. The lowest BCUT2D eigenvalue weighted by molar-refractivity contribution is 0.481. The van der Waals surface area contributed by atoms with E-state index in [2.05, 4.69) is 53.5 Å². The van der Waals surface area contributed by atoms with Crippen molar-refractivity contribution in [3.63, 3.8) is 0 Å². The number of hydrogen-bond donors (Lipinski definition) is 6. The Bertz CT molecular complexity index is 3650. The number of benzene rings is 5. The fourth-order valence-electron chi connectivity index (χ4n) is 6.66. The molecule has 2 heterocycles. The van der Waals surface area contributed by atoms with Crippen LogP contribution in [0.2, 0.25) is 10.0 Å². The lowest BCUT2D eigenvalue weighted by atomic mass is 10.0. The van der Waals surface area contributed by atoms with Crippen LogP contribution in [0.3, 0.4) is 0 Å². The van der Waals surface area contributed by atoms with Crippen LogP contribution in [-0.2, 0) is 30.4 Å². The molecule has 7 rings (SSSR count). The summed E-state index contributed by atoms with van der Waals surface area (Å²) in [4.78, 5) is 2.65. The summed E-state index contributed by atoms with van der Waals surface area (Å²) in [5.74, 6) is -0.0334. The maximum Gasteiger partial charge on any atom is 0.296 e. The van der Waals surface area contributed by atoms with E-state index in [1.807, 2.05) is 6.92 Å². The van der Waals surface area contributed by atoms with Crippen molar-refractivity contribution in [2.24, 2.45) is 20.5 Å². The standard InChI is InChI=1S/C43H32Cl2N10O9S4/c1-3-17-48-26-11-7-24(8-12-26)38-33(22-47)42(65-43(38)55-52-29-18-31-30(36(20-29)67(59,60)61)5-4-6-35(31)66(56,57)58)54-53-39-23(2)32(21-46)40(51-41(39)49-27-13-9-25(44)10-14-27)50-28-15-16-34(45)37(19-28)68(62,63)64/h4-16,18-20,48H,3,17H2,1-2H3,(H2,49,50,51)(H,56,57,58)(H,59,60,61)(H,62,63,64)/b54-53?,55-52+. The van der Waals surface area contributed by atoms with E-state index in [9.17, 15) is 49.4 Å². The van der Waals surface area contributed by atoms with E-state index in [4.69, 9.17) is 23.2 Å². The predicted octanol–water partition coefficient (Wildman–Crippen LogP) is 12.2. The first kappa shape index (κ1) is 49.0. The normalized spacial score (nSPS) is 12.1. The molecule has 0 atom stereocenters. The van der Waals surface area contributed by atoms with Gasteiger partial charge in [0, 0.05) is 50.5 Å². The van der Waals surface area contributed by atoms with Gasteiger partial charge in [0.1, 0.15) is 43.1 Å². The minimum Gasteiger partial charge on any atom is -0.385 e. The van der Waals surface area contributed by atoms with Crippen molar-refractivity contribution in [2.75, 3.05) is 22.5 Å². The van der Waals surface area contributed by atoms with Gasteiger partial charge in [0.05, 0.1) is 16.3 Å². The molecule has 346 valence electrons. The number of rotatable bonds is 15. The summed E-state index contributed by atoms with van der Waals surface area (Å²) >= 11 is 13.0. The van der Waals surface area contributed by atoms with E-state index in [1.54, 1.807) is 55.5 Å². The lowest BCUT2D eigenvalue weighted by Crippen LogP contribution is -2.05. The number of aromatic nitrogens is 1. The van der Waals surface area contributed by atoms with Crippen LogP contribution in [0, 0.1) is 29.6 Å². The second-order valence-electron chi connectivity index (χ2n) is 14.4. The Morgan fingerprint density at radius 2 is 1.28 bits per heavy atom. The Hall–Kier alpha value is -6.90. The van der Waals surface area contributed by atoms with Crippen LogP contribution in [-0.4, -0.2) is 50.4 Å². The Morgan fingerprint density at radius 1 is 0.662 bits per heavy atom. The molecular formula is C43H32Cl2N10O9S4. The molecule has 2 aromatic heterocycles. The quantitative estimate of drug-likeness (QED) is 0.0411. The third-order valence-electron chi connectivity index (χ3n) is 9.80. The van der Waals surface area contributed by atoms with Gasteiger partial charge in [-0.25, -0.2) is 4.98 Å². The second kappa shape index (κ2) is 19.7. The van der Waals surface area contributed by atoms with Crippen molar-refractivity contribution < 1.29 is 38.9 Å². The zero-order valence-corrected chi connectivity index (χ0v) is 39.7. The molecule has 19 nitrogen and oxygen atoms in total. The molecule has 0 unspecified atom stereocenters. The van der Waals surface area contributed by atoms with Crippen molar-refractivity contribution in [1.82, 2.24) is 4.98 Å². The molecule has 0 radical (unpaired) electrons. The van der Waals surface area contributed by atoms with Gasteiger partial charge in [0.25, 0.3) is 30.4 Å². The number of nitrogens with one attached hydrogen (secondary N) is 3. The Labute approximate surface area is 402 Å². The smallest absolute Gasteiger partial charge is 0.296 e. The van der Waals surface area contributed by atoms with Gasteiger partial charge < -0.3 is 16.0 Å². The number of azo groups is 2. The largest absolute Gasteiger partial charge is 0.385 e. The summed E-state index contributed by atoms with van der Waals surface area (Å²) < 4.78 is 104. The highest BCUT2D eigenvalue weighted by molar-refractivity contribution is 7.86. The molecule has 5 aromatic carbocycles. The van der Waals surface area contributed by atoms with Crippen LogP contribution in [0.5, 0.6) is 0 Å². The highest BCUT2D eigenvalue weighted by atomic mass is 35.5. The Kier molecular flexibility index (Phi) is 14.2. The zero-order chi connectivity index (χ0) is 49.1. The van der Waals surface area contributed by atoms with Crippen LogP contribution in [0.1, 0.15) is 30.0 Å². The number of halogens is 2. The van der Waals surface area contributed by atoms with Crippen molar-refractivity contribution in [3.05, 3.63) is 124 Å². The topological polar surface area (TPSA) is 309 Å². The number of nitrogens with zero attached hydrogens (tertiary/aromatic N) is 7.